The molecule has 0 spiro atoms. The highest BCUT2D eigenvalue weighted by atomic mass is 19.2. The van der Waals surface area contributed by atoms with Gasteiger partial charge in [-0.25, -0.2) is 13.2 Å². The van der Waals surface area contributed by atoms with Crippen LogP contribution >= 0.6 is 0 Å². The number of ether oxygens (including phenoxy) is 1. The number of methoxy groups -OCH3 is 1. The summed E-state index contributed by atoms with van der Waals surface area (Å²) in [5.74, 6) is -3.69. The Morgan fingerprint density at radius 3 is 2.26 bits per heavy atom. The first kappa shape index (κ1) is 16.0. The molecule has 0 bridgehead atoms. The first-order valence-corrected chi connectivity index (χ1v) is 6.33. The van der Waals surface area contributed by atoms with E-state index in [9.17, 15) is 13.2 Å². The Bertz CT molecular complexity index is 423. The van der Waals surface area contributed by atoms with Gasteiger partial charge in [0, 0.05) is 12.7 Å². The zero-order chi connectivity index (χ0) is 14.6. The molecule has 0 saturated heterocycles. The molecule has 1 aromatic rings. The smallest absolute Gasteiger partial charge is 0.194 e. The molecular formula is C14H20F3NO. The fourth-order valence-corrected chi connectivity index (χ4v) is 2.20. The predicted molar refractivity (Wildman–Crippen MR) is 68.4 cm³/mol. The van der Waals surface area contributed by atoms with E-state index in [1.54, 1.807) is 0 Å². The highest BCUT2D eigenvalue weighted by molar-refractivity contribution is 5.25. The summed E-state index contributed by atoms with van der Waals surface area (Å²) in [6.45, 7) is 6.28. The van der Waals surface area contributed by atoms with Crippen LogP contribution in [0.4, 0.5) is 13.2 Å². The number of nitrogens with one attached hydrogen (secondary N) is 1. The Balaban J connectivity index is 3.22. The lowest BCUT2D eigenvalue weighted by Gasteiger charge is -2.30. The topological polar surface area (TPSA) is 21.3 Å². The Kier molecular flexibility index (Phi) is 5.82. The van der Waals surface area contributed by atoms with Crippen LogP contribution < -0.4 is 5.32 Å². The second-order valence-electron chi connectivity index (χ2n) is 4.74. The summed E-state index contributed by atoms with van der Waals surface area (Å²) in [6.07, 6.45) is -0.334. The number of likely N-dealkylation sites (N-methyl/N-ethyl adjacent to an activating group) is 1. The summed E-state index contributed by atoms with van der Waals surface area (Å²) >= 11 is 0. The number of rotatable bonds is 6. The third kappa shape index (κ3) is 3.48. The van der Waals surface area contributed by atoms with E-state index < -0.39 is 23.5 Å². The van der Waals surface area contributed by atoms with Crippen molar-refractivity contribution in [2.75, 3.05) is 13.7 Å². The third-order valence-corrected chi connectivity index (χ3v) is 3.08. The van der Waals surface area contributed by atoms with Gasteiger partial charge in [-0.2, -0.15) is 0 Å². The van der Waals surface area contributed by atoms with E-state index in [1.165, 1.54) is 13.2 Å². The highest BCUT2D eigenvalue weighted by Crippen LogP contribution is 2.28. The average Bonchev–Trinajstić information content (AvgIpc) is 2.36. The molecule has 108 valence electrons. The van der Waals surface area contributed by atoms with Crippen LogP contribution in [0.1, 0.15) is 32.4 Å². The van der Waals surface area contributed by atoms with Crippen molar-refractivity contribution in [1.82, 2.24) is 5.32 Å². The summed E-state index contributed by atoms with van der Waals surface area (Å²) < 4.78 is 45.6. The van der Waals surface area contributed by atoms with Gasteiger partial charge in [-0.15, -0.1) is 0 Å². The number of halogens is 3. The molecule has 1 aromatic carbocycles. The molecule has 19 heavy (non-hydrogen) atoms. The number of hydrogen-bond acceptors (Lipinski definition) is 2. The van der Waals surface area contributed by atoms with Crippen molar-refractivity contribution in [3.8, 4) is 0 Å². The van der Waals surface area contributed by atoms with Gasteiger partial charge in [-0.05, 0) is 18.5 Å². The van der Waals surface area contributed by atoms with Crippen LogP contribution in [0.2, 0.25) is 0 Å². The Morgan fingerprint density at radius 2 is 1.79 bits per heavy atom. The van der Waals surface area contributed by atoms with Gasteiger partial charge in [0.2, 0.25) is 0 Å². The SMILES string of the molecule is CCNC(c1ccc(F)c(F)c1F)C(OC)C(C)C. The van der Waals surface area contributed by atoms with Crippen LogP contribution in [-0.2, 0) is 4.74 Å². The Labute approximate surface area is 112 Å². The molecule has 0 aliphatic heterocycles. The summed E-state index contributed by atoms with van der Waals surface area (Å²) in [6, 6.07) is 1.67. The molecule has 0 radical (unpaired) electrons. The second-order valence-corrected chi connectivity index (χ2v) is 4.74. The lowest BCUT2D eigenvalue weighted by molar-refractivity contribution is 0.0319. The maximum atomic E-state index is 13.9. The van der Waals surface area contributed by atoms with Crippen LogP contribution in [0.15, 0.2) is 12.1 Å². The van der Waals surface area contributed by atoms with Gasteiger partial charge < -0.3 is 10.1 Å². The fraction of sp³-hybridized carbons (Fsp3) is 0.571. The zero-order valence-corrected chi connectivity index (χ0v) is 11.6. The summed E-state index contributed by atoms with van der Waals surface area (Å²) in [5, 5.41) is 3.06. The molecule has 1 rings (SSSR count). The quantitative estimate of drug-likeness (QED) is 0.803. The molecule has 1 N–H and O–H groups in total. The van der Waals surface area contributed by atoms with E-state index in [2.05, 4.69) is 5.32 Å². The zero-order valence-electron chi connectivity index (χ0n) is 11.6. The minimum atomic E-state index is -1.45. The van der Waals surface area contributed by atoms with Crippen molar-refractivity contribution in [1.29, 1.82) is 0 Å². The van der Waals surface area contributed by atoms with Crippen molar-refractivity contribution in [3.05, 3.63) is 35.1 Å². The largest absolute Gasteiger partial charge is 0.379 e. The molecule has 0 heterocycles. The normalized spacial score (nSPS) is 14.7. The van der Waals surface area contributed by atoms with Gasteiger partial charge in [-0.1, -0.05) is 26.8 Å². The van der Waals surface area contributed by atoms with E-state index in [-0.39, 0.29) is 17.6 Å². The average molecular weight is 275 g/mol. The van der Waals surface area contributed by atoms with E-state index in [4.69, 9.17) is 4.74 Å². The predicted octanol–water partition coefficient (Wildman–Crippen LogP) is 3.43. The molecule has 0 aliphatic rings. The van der Waals surface area contributed by atoms with Gasteiger partial charge in [0.05, 0.1) is 12.1 Å². The van der Waals surface area contributed by atoms with Crippen molar-refractivity contribution >= 4 is 0 Å². The number of hydrogen-bond donors (Lipinski definition) is 1. The van der Waals surface area contributed by atoms with Crippen molar-refractivity contribution in [3.63, 3.8) is 0 Å². The molecule has 0 amide bonds. The van der Waals surface area contributed by atoms with Gasteiger partial charge in [0.1, 0.15) is 0 Å². The molecule has 0 saturated carbocycles. The summed E-state index contributed by atoms with van der Waals surface area (Å²) in [5.41, 5.74) is 0.0845. The van der Waals surface area contributed by atoms with Crippen LogP contribution in [0.5, 0.6) is 0 Å². The van der Waals surface area contributed by atoms with Crippen LogP contribution in [0, 0.1) is 23.4 Å². The third-order valence-electron chi connectivity index (χ3n) is 3.08. The van der Waals surface area contributed by atoms with Gasteiger partial charge in [0.25, 0.3) is 0 Å². The standard InChI is InChI=1S/C14H20F3NO/c1-5-18-13(14(19-4)8(2)3)9-6-7-10(15)12(17)11(9)16/h6-8,13-14,18H,5H2,1-4H3. The highest BCUT2D eigenvalue weighted by Gasteiger charge is 2.29. The minimum absolute atomic E-state index is 0.0845. The van der Waals surface area contributed by atoms with Crippen LogP contribution in [-0.4, -0.2) is 19.8 Å². The van der Waals surface area contributed by atoms with Gasteiger partial charge >= 0.3 is 0 Å². The second kappa shape index (κ2) is 6.91. The molecule has 0 aromatic heterocycles. The Morgan fingerprint density at radius 1 is 1.16 bits per heavy atom. The first-order valence-electron chi connectivity index (χ1n) is 6.33. The van der Waals surface area contributed by atoms with E-state index in [0.29, 0.717) is 6.54 Å². The molecular weight excluding hydrogens is 255 g/mol. The molecule has 0 fully saturated rings. The van der Waals surface area contributed by atoms with Gasteiger partial charge in [0.15, 0.2) is 17.5 Å². The van der Waals surface area contributed by atoms with Gasteiger partial charge in [-0.3, -0.25) is 0 Å². The van der Waals surface area contributed by atoms with E-state index in [1.807, 2.05) is 20.8 Å². The maximum absolute atomic E-state index is 13.9. The summed E-state index contributed by atoms with van der Waals surface area (Å²) in [4.78, 5) is 0. The number of benzene rings is 1. The van der Waals surface area contributed by atoms with Crippen LogP contribution in [0.3, 0.4) is 0 Å². The summed E-state index contributed by atoms with van der Waals surface area (Å²) in [7, 11) is 1.52. The lowest BCUT2D eigenvalue weighted by Crippen LogP contribution is -2.37. The lowest BCUT2D eigenvalue weighted by atomic mass is 9.93. The monoisotopic (exact) mass is 275 g/mol. The van der Waals surface area contributed by atoms with E-state index in [0.717, 1.165) is 6.07 Å². The maximum Gasteiger partial charge on any atom is 0.194 e. The molecule has 2 unspecified atom stereocenters. The molecule has 2 atom stereocenters. The minimum Gasteiger partial charge on any atom is -0.379 e. The molecule has 5 heteroatoms. The van der Waals surface area contributed by atoms with Crippen LogP contribution in [0.25, 0.3) is 0 Å². The van der Waals surface area contributed by atoms with Crippen molar-refractivity contribution < 1.29 is 17.9 Å². The fourth-order valence-electron chi connectivity index (χ4n) is 2.20. The van der Waals surface area contributed by atoms with Crippen molar-refractivity contribution in [2.24, 2.45) is 5.92 Å². The van der Waals surface area contributed by atoms with Crippen molar-refractivity contribution in [2.45, 2.75) is 32.9 Å². The first-order chi connectivity index (χ1) is 8.93. The Hall–Kier alpha value is -1.07. The molecule has 2 nitrogen and oxygen atoms in total. The van der Waals surface area contributed by atoms with E-state index >= 15 is 0 Å². The molecule has 0 aliphatic carbocycles.